The van der Waals surface area contributed by atoms with Crippen molar-refractivity contribution in [2.45, 2.75) is 65.3 Å². The largest absolute Gasteiger partial charge is 0.464 e. The maximum atomic E-state index is 14.2. The Labute approximate surface area is 222 Å². The highest BCUT2D eigenvalue weighted by Gasteiger charge is 2.38. The summed E-state index contributed by atoms with van der Waals surface area (Å²) in [5, 5.41) is 6.14. The minimum atomic E-state index is -3.52. The first kappa shape index (κ1) is 29.2. The molecular formula is C25H35N8O4P. The van der Waals surface area contributed by atoms with Crippen LogP contribution in [-0.2, 0) is 25.4 Å². The molecule has 3 atom stereocenters. The van der Waals surface area contributed by atoms with Gasteiger partial charge in [0.15, 0.2) is 17.2 Å². The fourth-order valence-corrected chi connectivity index (χ4v) is 6.23. The van der Waals surface area contributed by atoms with Gasteiger partial charge in [0.25, 0.3) is 0 Å². The molecule has 0 aliphatic carbocycles. The fraction of sp³-hybridized carbons (Fsp3) is 0.480. The number of carbonyl (C=O) groups is 1. The van der Waals surface area contributed by atoms with E-state index in [9.17, 15) is 9.36 Å². The number of fused-ring (bicyclic) bond motifs is 1. The van der Waals surface area contributed by atoms with Crippen LogP contribution in [0.4, 0.5) is 11.5 Å². The van der Waals surface area contributed by atoms with Crippen molar-refractivity contribution in [3.63, 3.8) is 0 Å². The summed E-state index contributed by atoms with van der Waals surface area (Å²) in [4.78, 5) is 28.6. The van der Waals surface area contributed by atoms with Crippen LogP contribution in [-0.4, -0.2) is 50.1 Å². The molecule has 0 unspecified atom stereocenters. The number of anilines is 1. The van der Waals surface area contributed by atoms with E-state index in [4.69, 9.17) is 21.8 Å². The zero-order valence-electron chi connectivity index (χ0n) is 22.3. The summed E-state index contributed by atoms with van der Waals surface area (Å²) in [7, 11) is -3.52. The summed E-state index contributed by atoms with van der Waals surface area (Å²) >= 11 is 0. The number of esters is 1. The minimum absolute atomic E-state index is 0.202. The fourth-order valence-electron chi connectivity index (χ4n) is 3.79. The second kappa shape index (κ2) is 12.5. The Balaban J connectivity index is 1.77. The maximum Gasteiger partial charge on any atom is 0.326 e. The van der Waals surface area contributed by atoms with Crippen LogP contribution in [0.15, 0.2) is 36.9 Å². The normalized spacial score (nSPS) is 14.9. The van der Waals surface area contributed by atoms with Gasteiger partial charge in [0.2, 0.25) is 7.44 Å². The first-order valence-corrected chi connectivity index (χ1v) is 14.2. The molecule has 3 rings (SSSR count). The van der Waals surface area contributed by atoms with E-state index >= 15 is 0 Å². The van der Waals surface area contributed by atoms with Crippen LogP contribution in [0.5, 0.6) is 0 Å². The van der Waals surface area contributed by atoms with Crippen LogP contribution in [0.2, 0.25) is 0 Å². The molecule has 2 heterocycles. The number of rotatable bonds is 13. The lowest BCUT2D eigenvalue weighted by molar-refractivity contribution is -0.149. The van der Waals surface area contributed by atoms with E-state index in [2.05, 4.69) is 30.0 Å². The van der Waals surface area contributed by atoms with Gasteiger partial charge in [0.1, 0.15) is 23.7 Å². The Kier molecular flexibility index (Phi) is 9.57. The highest BCUT2D eigenvalue weighted by atomic mass is 31.2. The molecule has 0 aliphatic heterocycles. The average Bonchev–Trinajstić information content (AvgIpc) is 3.29. The highest BCUT2D eigenvalue weighted by molar-refractivity contribution is 7.59. The number of hydrogen-bond donors (Lipinski definition) is 3. The summed E-state index contributed by atoms with van der Waals surface area (Å²) in [5.41, 5.74) is 7.05. The van der Waals surface area contributed by atoms with Gasteiger partial charge < -0.3 is 19.8 Å². The quantitative estimate of drug-likeness (QED) is 0.163. The number of nitrogens with zero attached hydrogens (tertiary/aromatic N) is 5. The standard InChI is InChI=1S/C25H35N8O4P/c1-7-12-36-24(34)25(4,5)32-38(35,31-18(3)19-8-10-20(27-6)11-9-19)16-37-17(2)13-33-15-30-21-22(26)28-14-29-23(21)33/h8-11,14-15,17-18H,7,12-13,16H2,1-5H3,(H2,26,28,29)(H2,31,32,35)/t17-,18-,38-/m1/s1. The van der Waals surface area contributed by atoms with Gasteiger partial charge >= 0.3 is 5.97 Å². The van der Waals surface area contributed by atoms with Crippen molar-refractivity contribution in [3.05, 3.63) is 53.9 Å². The predicted octanol–water partition coefficient (Wildman–Crippen LogP) is 4.19. The maximum absolute atomic E-state index is 14.2. The number of hydrogen-bond acceptors (Lipinski definition) is 8. The van der Waals surface area contributed by atoms with E-state index in [1.54, 1.807) is 49.0 Å². The number of aromatic nitrogens is 4. The van der Waals surface area contributed by atoms with E-state index in [1.807, 2.05) is 20.8 Å². The third-order valence-electron chi connectivity index (χ3n) is 5.76. The van der Waals surface area contributed by atoms with Gasteiger partial charge in [0, 0.05) is 6.04 Å². The Hall–Kier alpha value is -3.36. The topological polar surface area (TPSA) is 151 Å². The molecule has 0 spiro atoms. The molecular weight excluding hydrogens is 507 g/mol. The lowest BCUT2D eigenvalue weighted by atomic mass is 10.1. The molecule has 13 heteroatoms. The predicted molar refractivity (Wildman–Crippen MR) is 145 cm³/mol. The van der Waals surface area contributed by atoms with Crippen molar-refractivity contribution in [1.82, 2.24) is 29.7 Å². The van der Waals surface area contributed by atoms with Crippen molar-refractivity contribution in [2.24, 2.45) is 0 Å². The number of ether oxygens (including phenoxy) is 2. The number of carbonyl (C=O) groups excluding carboxylic acids is 1. The van der Waals surface area contributed by atoms with Crippen LogP contribution in [0, 0.1) is 6.57 Å². The smallest absolute Gasteiger partial charge is 0.326 e. The molecule has 12 nitrogen and oxygen atoms in total. The van der Waals surface area contributed by atoms with Crippen LogP contribution >= 0.6 is 7.44 Å². The second-order valence-electron chi connectivity index (χ2n) is 9.60. The summed E-state index contributed by atoms with van der Waals surface area (Å²) in [6, 6.07) is 6.64. The first-order valence-electron chi connectivity index (χ1n) is 12.3. The van der Waals surface area contributed by atoms with Gasteiger partial charge in [-0.05, 0) is 39.7 Å². The molecule has 0 bridgehead atoms. The molecule has 38 heavy (non-hydrogen) atoms. The molecule has 0 amide bonds. The van der Waals surface area contributed by atoms with Gasteiger partial charge in [-0.3, -0.25) is 9.36 Å². The molecule has 0 aliphatic rings. The molecule has 1 aromatic carbocycles. The van der Waals surface area contributed by atoms with E-state index in [1.165, 1.54) is 6.33 Å². The molecule has 0 saturated carbocycles. The van der Waals surface area contributed by atoms with E-state index in [-0.39, 0.29) is 30.9 Å². The van der Waals surface area contributed by atoms with Crippen molar-refractivity contribution >= 4 is 36.1 Å². The number of nitrogens with one attached hydrogen (secondary N) is 2. The molecule has 0 fully saturated rings. The van der Waals surface area contributed by atoms with Crippen LogP contribution in [0.1, 0.15) is 52.6 Å². The van der Waals surface area contributed by atoms with E-state index < -0.39 is 19.0 Å². The van der Waals surface area contributed by atoms with Crippen molar-refractivity contribution in [3.8, 4) is 0 Å². The van der Waals surface area contributed by atoms with Gasteiger partial charge in [-0.15, -0.1) is 0 Å². The summed E-state index contributed by atoms with van der Waals surface area (Å²) in [6.07, 6.45) is 3.06. The van der Waals surface area contributed by atoms with Gasteiger partial charge in [-0.2, -0.15) is 0 Å². The highest BCUT2D eigenvalue weighted by Crippen LogP contribution is 2.42. The Bertz CT molecular complexity index is 1340. The summed E-state index contributed by atoms with van der Waals surface area (Å²) < 4.78 is 27.4. The van der Waals surface area contributed by atoms with Crippen LogP contribution < -0.4 is 15.9 Å². The van der Waals surface area contributed by atoms with Crippen molar-refractivity contribution < 1.29 is 18.8 Å². The molecule has 2 aromatic heterocycles. The van der Waals surface area contributed by atoms with Gasteiger partial charge in [-0.25, -0.2) is 30.0 Å². The van der Waals surface area contributed by atoms with Gasteiger partial charge in [-0.1, -0.05) is 31.2 Å². The van der Waals surface area contributed by atoms with Crippen molar-refractivity contribution in [1.29, 1.82) is 0 Å². The number of benzene rings is 1. The monoisotopic (exact) mass is 542 g/mol. The lowest BCUT2D eigenvalue weighted by Crippen LogP contribution is -2.49. The average molecular weight is 543 g/mol. The summed E-state index contributed by atoms with van der Waals surface area (Å²) in [6.45, 7) is 16.6. The zero-order valence-corrected chi connectivity index (χ0v) is 23.2. The van der Waals surface area contributed by atoms with Crippen LogP contribution in [0.3, 0.4) is 0 Å². The van der Waals surface area contributed by atoms with E-state index in [0.717, 1.165) is 5.56 Å². The Morgan fingerprint density at radius 2 is 1.95 bits per heavy atom. The Morgan fingerprint density at radius 3 is 2.61 bits per heavy atom. The number of imidazole rings is 1. The minimum Gasteiger partial charge on any atom is -0.464 e. The van der Waals surface area contributed by atoms with Gasteiger partial charge in [0.05, 0.1) is 32.2 Å². The third-order valence-corrected chi connectivity index (χ3v) is 7.99. The third kappa shape index (κ3) is 7.36. The van der Waals surface area contributed by atoms with Crippen LogP contribution in [0.25, 0.3) is 16.0 Å². The first-order chi connectivity index (χ1) is 18.0. The summed E-state index contributed by atoms with van der Waals surface area (Å²) in [5.74, 6) is -0.221. The van der Waals surface area contributed by atoms with Crippen molar-refractivity contribution in [2.75, 3.05) is 18.7 Å². The number of nitrogen functional groups attached to an aromatic ring is 1. The molecule has 204 valence electrons. The number of nitrogens with two attached hydrogens (primary N) is 1. The molecule has 4 N–H and O–H groups in total. The second-order valence-corrected chi connectivity index (χ2v) is 11.8. The molecule has 0 radical (unpaired) electrons. The molecule has 0 saturated heterocycles. The zero-order chi connectivity index (χ0) is 27.9. The Morgan fingerprint density at radius 1 is 1.24 bits per heavy atom. The SMILES string of the molecule is [C-]#[N+]c1ccc([C@@H](C)N[P@](=O)(CO[C@H](C)Cn2cnc3c(N)ncnc32)NC(C)(C)C(=O)OCCC)cc1. The lowest BCUT2D eigenvalue weighted by Gasteiger charge is -2.33. The molecule has 3 aromatic rings. The van der Waals surface area contributed by atoms with E-state index in [0.29, 0.717) is 29.8 Å².